The number of hydrogen-bond donors (Lipinski definition) is 1. The number of alkyl halides is 3. The van der Waals surface area contributed by atoms with Crippen LogP contribution in [0.5, 0.6) is 0 Å². The van der Waals surface area contributed by atoms with Crippen molar-refractivity contribution < 1.29 is 31.5 Å². The lowest BCUT2D eigenvalue weighted by atomic mass is 9.99. The number of aliphatic carboxylic acids is 1. The lowest BCUT2D eigenvalue weighted by Gasteiger charge is -2.32. The molecule has 1 aromatic rings. The maximum Gasteiger partial charge on any atom is 0.490 e. The third-order valence-corrected chi connectivity index (χ3v) is 8.06. The van der Waals surface area contributed by atoms with Crippen LogP contribution in [0.4, 0.5) is 13.2 Å². The van der Waals surface area contributed by atoms with Crippen molar-refractivity contribution in [3.05, 3.63) is 28.7 Å². The molecule has 0 bridgehead atoms. The fraction of sp³-hybridized carbons (Fsp3) is 0.650. The Labute approximate surface area is 189 Å². The first-order chi connectivity index (χ1) is 14.4. The first-order valence-electron chi connectivity index (χ1n) is 10.2. The zero-order chi connectivity index (χ0) is 23.2. The second-order valence-electron chi connectivity index (χ2n) is 7.98. The molecule has 2 fully saturated rings. The number of carboxylic acid groups (broad SMARTS) is 1. The van der Waals surface area contributed by atoms with Crippen molar-refractivity contribution >= 4 is 31.9 Å². The van der Waals surface area contributed by atoms with Crippen LogP contribution in [-0.2, 0) is 14.8 Å². The van der Waals surface area contributed by atoms with E-state index in [9.17, 15) is 21.6 Å². The molecule has 2 saturated heterocycles. The summed E-state index contributed by atoms with van der Waals surface area (Å²) in [6.07, 6.45) is 0.351. The predicted molar refractivity (Wildman–Crippen MR) is 114 cm³/mol. The zero-order valence-electron chi connectivity index (χ0n) is 17.3. The molecule has 1 aromatic carbocycles. The standard InChI is InChI=1S/C18H27BrN2O2S.C2HF3O2/c1-15-7-11-20(12-8-15)13-9-17-5-3-10-21(17)24(22,23)18-6-2-4-16(19)14-18;3-2(4,5)1(6)7/h2,4,6,14-15,17H,3,5,7-13H2,1H3;(H,6,7). The highest BCUT2D eigenvalue weighted by molar-refractivity contribution is 9.10. The van der Waals surface area contributed by atoms with Gasteiger partial charge in [-0.1, -0.05) is 28.9 Å². The summed E-state index contributed by atoms with van der Waals surface area (Å²) < 4.78 is 60.2. The van der Waals surface area contributed by atoms with Crippen LogP contribution in [0.15, 0.2) is 33.6 Å². The summed E-state index contributed by atoms with van der Waals surface area (Å²) in [6.45, 7) is 6.30. The van der Waals surface area contributed by atoms with Crippen LogP contribution in [0.2, 0.25) is 0 Å². The SMILES string of the molecule is CC1CCN(CCC2CCCN2S(=O)(=O)c2cccc(Br)c2)CC1.O=C(O)C(F)(F)F. The molecule has 31 heavy (non-hydrogen) atoms. The van der Waals surface area contributed by atoms with Gasteiger partial charge in [-0.2, -0.15) is 17.5 Å². The molecule has 6 nitrogen and oxygen atoms in total. The highest BCUT2D eigenvalue weighted by Crippen LogP contribution is 2.29. The maximum atomic E-state index is 13.0. The van der Waals surface area contributed by atoms with E-state index < -0.39 is 22.2 Å². The van der Waals surface area contributed by atoms with Crippen molar-refractivity contribution in [1.29, 1.82) is 0 Å². The van der Waals surface area contributed by atoms with Gasteiger partial charge in [-0.25, -0.2) is 13.2 Å². The van der Waals surface area contributed by atoms with Crippen LogP contribution in [0.1, 0.15) is 39.0 Å². The van der Waals surface area contributed by atoms with Gasteiger partial charge in [-0.15, -0.1) is 0 Å². The fourth-order valence-electron chi connectivity index (χ4n) is 3.79. The van der Waals surface area contributed by atoms with Gasteiger partial charge in [0.25, 0.3) is 0 Å². The van der Waals surface area contributed by atoms with Crippen molar-refractivity contribution in [3.8, 4) is 0 Å². The number of hydrogen-bond acceptors (Lipinski definition) is 4. The van der Waals surface area contributed by atoms with Crippen LogP contribution in [-0.4, -0.2) is 67.1 Å². The Morgan fingerprint density at radius 2 is 1.81 bits per heavy atom. The molecule has 0 saturated carbocycles. The summed E-state index contributed by atoms with van der Waals surface area (Å²) in [4.78, 5) is 11.8. The molecule has 0 aliphatic carbocycles. The first kappa shape index (κ1) is 26.1. The molecule has 11 heteroatoms. The number of likely N-dealkylation sites (tertiary alicyclic amines) is 1. The Balaban J connectivity index is 0.000000423. The number of rotatable bonds is 5. The lowest BCUT2D eigenvalue weighted by Crippen LogP contribution is -2.40. The van der Waals surface area contributed by atoms with Crippen LogP contribution in [0.3, 0.4) is 0 Å². The van der Waals surface area contributed by atoms with Crippen LogP contribution >= 0.6 is 15.9 Å². The van der Waals surface area contributed by atoms with Gasteiger partial charge in [-0.05, 0) is 75.9 Å². The summed E-state index contributed by atoms with van der Waals surface area (Å²) >= 11 is 3.38. The number of sulfonamides is 1. The number of carboxylic acids is 1. The molecular formula is C20H28BrF3N2O4S. The number of halogens is 4. The third-order valence-electron chi connectivity index (χ3n) is 5.62. The van der Waals surface area contributed by atoms with E-state index in [0.29, 0.717) is 11.4 Å². The molecule has 1 atom stereocenters. The van der Waals surface area contributed by atoms with E-state index in [1.807, 2.05) is 6.07 Å². The smallest absolute Gasteiger partial charge is 0.475 e. The van der Waals surface area contributed by atoms with E-state index in [1.165, 1.54) is 12.8 Å². The van der Waals surface area contributed by atoms with Crippen LogP contribution in [0, 0.1) is 5.92 Å². The van der Waals surface area contributed by atoms with Crippen molar-refractivity contribution in [1.82, 2.24) is 9.21 Å². The Morgan fingerprint density at radius 1 is 1.19 bits per heavy atom. The molecule has 1 N–H and O–H groups in total. The van der Waals surface area contributed by atoms with E-state index in [0.717, 1.165) is 49.3 Å². The van der Waals surface area contributed by atoms with Gasteiger partial charge in [0, 0.05) is 17.1 Å². The molecule has 0 amide bonds. The first-order valence-corrected chi connectivity index (χ1v) is 12.4. The summed E-state index contributed by atoms with van der Waals surface area (Å²) in [6, 6.07) is 7.20. The second kappa shape index (κ2) is 11.1. The minimum atomic E-state index is -5.08. The van der Waals surface area contributed by atoms with Crippen molar-refractivity contribution in [3.63, 3.8) is 0 Å². The highest BCUT2D eigenvalue weighted by atomic mass is 79.9. The molecule has 0 radical (unpaired) electrons. The molecular weight excluding hydrogens is 501 g/mol. The fourth-order valence-corrected chi connectivity index (χ4v) is 6.11. The average Bonchev–Trinajstić information content (AvgIpc) is 3.17. The van der Waals surface area contributed by atoms with Gasteiger partial charge in [0.2, 0.25) is 10.0 Å². The van der Waals surface area contributed by atoms with Gasteiger partial charge in [0.1, 0.15) is 0 Å². The monoisotopic (exact) mass is 528 g/mol. The van der Waals surface area contributed by atoms with Gasteiger partial charge >= 0.3 is 12.1 Å². The van der Waals surface area contributed by atoms with E-state index in [4.69, 9.17) is 9.90 Å². The van der Waals surface area contributed by atoms with Gasteiger partial charge < -0.3 is 10.0 Å². The lowest BCUT2D eigenvalue weighted by molar-refractivity contribution is -0.192. The number of benzene rings is 1. The van der Waals surface area contributed by atoms with Crippen LogP contribution in [0.25, 0.3) is 0 Å². The number of piperidine rings is 1. The Morgan fingerprint density at radius 3 is 2.35 bits per heavy atom. The summed E-state index contributed by atoms with van der Waals surface area (Å²) in [5.74, 6) is -1.92. The molecule has 2 aliphatic rings. The molecule has 1 unspecified atom stereocenters. The summed E-state index contributed by atoms with van der Waals surface area (Å²) in [5, 5.41) is 7.12. The van der Waals surface area contributed by atoms with E-state index in [-0.39, 0.29) is 6.04 Å². The quantitative estimate of drug-likeness (QED) is 0.614. The van der Waals surface area contributed by atoms with Gasteiger partial charge in [-0.3, -0.25) is 0 Å². The Kier molecular flexibility index (Phi) is 9.35. The van der Waals surface area contributed by atoms with Crippen LogP contribution < -0.4 is 0 Å². The van der Waals surface area contributed by atoms with E-state index in [2.05, 4.69) is 27.8 Å². The minimum absolute atomic E-state index is 0.147. The highest BCUT2D eigenvalue weighted by Gasteiger charge is 2.38. The molecule has 3 rings (SSSR count). The van der Waals surface area contributed by atoms with Crippen molar-refractivity contribution in [2.24, 2.45) is 5.92 Å². The van der Waals surface area contributed by atoms with E-state index in [1.54, 1.807) is 22.5 Å². The Hall–Kier alpha value is -1.17. The number of nitrogens with zero attached hydrogens (tertiary/aromatic N) is 2. The topological polar surface area (TPSA) is 77.9 Å². The number of carbonyl (C=O) groups is 1. The zero-order valence-corrected chi connectivity index (χ0v) is 19.7. The molecule has 2 heterocycles. The molecule has 0 aromatic heterocycles. The summed E-state index contributed by atoms with van der Waals surface area (Å²) in [5.41, 5.74) is 0. The van der Waals surface area contributed by atoms with Gasteiger partial charge in [0.05, 0.1) is 4.90 Å². The largest absolute Gasteiger partial charge is 0.490 e. The molecule has 176 valence electrons. The molecule has 0 spiro atoms. The summed E-state index contributed by atoms with van der Waals surface area (Å²) in [7, 11) is -3.39. The third kappa shape index (κ3) is 7.73. The van der Waals surface area contributed by atoms with E-state index >= 15 is 0 Å². The normalized spacial score (nSPS) is 21.5. The van der Waals surface area contributed by atoms with Crippen molar-refractivity contribution in [2.45, 2.75) is 56.1 Å². The second-order valence-corrected chi connectivity index (χ2v) is 10.8. The average molecular weight is 529 g/mol. The van der Waals surface area contributed by atoms with Crippen molar-refractivity contribution in [2.75, 3.05) is 26.2 Å². The minimum Gasteiger partial charge on any atom is -0.475 e. The maximum absolute atomic E-state index is 13.0. The van der Waals surface area contributed by atoms with Gasteiger partial charge in [0.15, 0.2) is 0 Å². The molecule has 2 aliphatic heterocycles. The predicted octanol–water partition coefficient (Wildman–Crippen LogP) is 4.36. The Bertz CT molecular complexity index is 843.